The lowest BCUT2D eigenvalue weighted by Crippen LogP contribution is -2.24. The molecule has 6 heteroatoms. The Hall–Kier alpha value is -0.950. The number of rotatable bonds is 5. The van der Waals surface area contributed by atoms with Crippen molar-refractivity contribution in [1.82, 2.24) is 0 Å². The fraction of sp³-hybridized carbons (Fsp3) is 0.455. The zero-order valence-corrected chi connectivity index (χ0v) is 9.88. The van der Waals surface area contributed by atoms with Crippen molar-refractivity contribution in [3.05, 3.63) is 35.9 Å². The predicted molar refractivity (Wildman–Crippen MR) is 60.8 cm³/mol. The summed E-state index contributed by atoms with van der Waals surface area (Å²) in [5, 5.41) is 18.0. The lowest BCUT2D eigenvalue weighted by atomic mass is 10.2. The summed E-state index contributed by atoms with van der Waals surface area (Å²) < 4.78 is 28.7. The number of sulfone groups is 1. The van der Waals surface area contributed by atoms with E-state index >= 15 is 0 Å². The van der Waals surface area contributed by atoms with Crippen molar-refractivity contribution in [1.29, 1.82) is 0 Å². The first-order valence-corrected chi connectivity index (χ1v) is 6.96. The summed E-state index contributed by atoms with van der Waals surface area (Å²) in [5.74, 6) is -0.118. The zero-order chi connectivity index (χ0) is 12.5. The van der Waals surface area contributed by atoms with E-state index in [1.54, 1.807) is 24.3 Å². The second-order valence-corrected chi connectivity index (χ2v) is 6.09. The minimum Gasteiger partial charge on any atom is -0.394 e. The Bertz CT molecular complexity index is 470. The number of ether oxygens (including phenoxy) is 1. The van der Waals surface area contributed by atoms with Crippen LogP contribution in [-0.2, 0) is 20.3 Å². The molecule has 1 aliphatic heterocycles. The van der Waals surface area contributed by atoms with Crippen LogP contribution in [0.5, 0.6) is 0 Å². The average Bonchev–Trinajstić information content (AvgIpc) is 3.09. The van der Waals surface area contributed by atoms with E-state index in [0.717, 1.165) is 0 Å². The van der Waals surface area contributed by atoms with Crippen LogP contribution in [0.1, 0.15) is 5.56 Å². The van der Waals surface area contributed by atoms with Crippen molar-refractivity contribution in [3.8, 4) is 0 Å². The summed E-state index contributed by atoms with van der Waals surface area (Å²) in [7, 11) is -3.44. The van der Waals surface area contributed by atoms with Gasteiger partial charge < -0.3 is 14.9 Å². The largest absolute Gasteiger partial charge is 0.394 e. The molecular weight excluding hydrogens is 244 g/mol. The van der Waals surface area contributed by atoms with Crippen LogP contribution in [0, 0.1) is 0 Å². The monoisotopic (exact) mass is 258 g/mol. The van der Waals surface area contributed by atoms with Gasteiger partial charge in [-0.2, -0.15) is 0 Å². The van der Waals surface area contributed by atoms with Gasteiger partial charge in [-0.1, -0.05) is 30.3 Å². The van der Waals surface area contributed by atoms with Gasteiger partial charge in [-0.25, -0.2) is 8.42 Å². The van der Waals surface area contributed by atoms with Crippen LogP contribution < -0.4 is 0 Å². The molecule has 0 spiro atoms. The van der Waals surface area contributed by atoms with Gasteiger partial charge in [0.25, 0.3) is 0 Å². The van der Waals surface area contributed by atoms with E-state index in [9.17, 15) is 13.5 Å². The van der Waals surface area contributed by atoms with Crippen molar-refractivity contribution in [2.24, 2.45) is 0 Å². The summed E-state index contributed by atoms with van der Waals surface area (Å²) in [5.41, 5.74) is -0.315. The molecule has 2 rings (SSSR count). The van der Waals surface area contributed by atoms with Crippen molar-refractivity contribution < 1.29 is 23.4 Å². The lowest BCUT2D eigenvalue weighted by molar-refractivity contribution is 0.0706. The van der Waals surface area contributed by atoms with E-state index in [0.29, 0.717) is 5.56 Å². The van der Waals surface area contributed by atoms with Gasteiger partial charge in [-0.3, -0.25) is 0 Å². The molecule has 5 nitrogen and oxygen atoms in total. The summed E-state index contributed by atoms with van der Waals surface area (Å²) in [6, 6.07) is 8.77. The number of aliphatic hydroxyl groups excluding tert-OH is 2. The summed E-state index contributed by atoms with van der Waals surface area (Å²) in [6.45, 7) is -0.498. The highest BCUT2D eigenvalue weighted by Crippen LogP contribution is 2.32. The Labute approximate surface area is 99.6 Å². The third-order valence-electron chi connectivity index (χ3n) is 2.61. The average molecular weight is 258 g/mol. The Kier molecular flexibility index (Phi) is 3.48. The van der Waals surface area contributed by atoms with Gasteiger partial charge in [0.1, 0.15) is 12.2 Å². The maximum Gasteiger partial charge on any atom is 0.188 e. The van der Waals surface area contributed by atoms with Crippen LogP contribution >= 0.6 is 0 Å². The Morgan fingerprint density at radius 2 is 1.94 bits per heavy atom. The Balaban J connectivity index is 2.02. The van der Waals surface area contributed by atoms with Crippen LogP contribution in [0.4, 0.5) is 0 Å². The van der Waals surface area contributed by atoms with Crippen molar-refractivity contribution in [2.45, 2.75) is 23.4 Å². The second-order valence-electron chi connectivity index (χ2n) is 4.01. The quantitative estimate of drug-likeness (QED) is 0.707. The minimum atomic E-state index is -3.44. The van der Waals surface area contributed by atoms with Crippen LogP contribution in [0.2, 0.25) is 0 Å². The number of hydrogen-bond donors (Lipinski definition) is 2. The topological polar surface area (TPSA) is 87.1 Å². The second kappa shape index (κ2) is 4.73. The zero-order valence-electron chi connectivity index (χ0n) is 9.06. The van der Waals surface area contributed by atoms with Gasteiger partial charge in [-0.05, 0) is 5.56 Å². The van der Waals surface area contributed by atoms with Gasteiger partial charge in [0.15, 0.2) is 15.3 Å². The highest BCUT2D eigenvalue weighted by molar-refractivity contribution is 7.91. The van der Waals surface area contributed by atoms with Gasteiger partial charge >= 0.3 is 0 Å². The third-order valence-corrected chi connectivity index (χ3v) is 4.44. The van der Waals surface area contributed by atoms with Crippen LogP contribution in [0.25, 0.3) is 0 Å². The van der Waals surface area contributed by atoms with Crippen molar-refractivity contribution in [3.63, 3.8) is 0 Å². The molecule has 94 valence electrons. The Morgan fingerprint density at radius 1 is 1.29 bits per heavy atom. The number of epoxide rings is 1. The molecule has 2 N–H and O–H groups in total. The Morgan fingerprint density at radius 3 is 2.53 bits per heavy atom. The maximum atomic E-state index is 11.9. The molecule has 3 atom stereocenters. The molecule has 0 unspecified atom stereocenters. The van der Waals surface area contributed by atoms with E-state index in [1.165, 1.54) is 0 Å². The molecule has 0 bridgehead atoms. The molecule has 1 aliphatic rings. The fourth-order valence-electron chi connectivity index (χ4n) is 1.66. The summed E-state index contributed by atoms with van der Waals surface area (Å²) >= 11 is 0. The maximum absolute atomic E-state index is 11.9. The molecule has 0 radical (unpaired) electrons. The minimum absolute atomic E-state index is 0.118. The van der Waals surface area contributed by atoms with Gasteiger partial charge in [-0.15, -0.1) is 0 Å². The van der Waals surface area contributed by atoms with Gasteiger partial charge in [0.05, 0.1) is 12.4 Å². The van der Waals surface area contributed by atoms with E-state index in [4.69, 9.17) is 9.84 Å². The van der Waals surface area contributed by atoms with Crippen LogP contribution in [0.15, 0.2) is 30.3 Å². The fourth-order valence-corrected chi connectivity index (χ4v) is 3.37. The van der Waals surface area contributed by atoms with Gasteiger partial charge in [0, 0.05) is 0 Å². The first-order chi connectivity index (χ1) is 8.04. The van der Waals surface area contributed by atoms with E-state index < -0.39 is 34.1 Å². The van der Waals surface area contributed by atoms with Crippen molar-refractivity contribution in [2.75, 3.05) is 6.61 Å². The van der Waals surface area contributed by atoms with Crippen LogP contribution in [0.3, 0.4) is 0 Å². The van der Waals surface area contributed by atoms with Crippen LogP contribution in [-0.4, -0.2) is 42.9 Å². The first-order valence-electron chi connectivity index (χ1n) is 5.24. The smallest absolute Gasteiger partial charge is 0.188 e. The van der Waals surface area contributed by atoms with E-state index in [1.807, 2.05) is 6.07 Å². The molecule has 0 aromatic heterocycles. The molecule has 0 aliphatic carbocycles. The molecular formula is C11H14O5S. The standard InChI is InChI=1S/C11H14O5S/c12-6-9(13)10-11(16-10)17(14,15)7-8-4-2-1-3-5-8/h1-5,9-13H,6-7H2/t9-,10+,11+/m1/s1. The number of aliphatic hydroxyl groups is 2. The number of benzene rings is 1. The van der Waals surface area contributed by atoms with Crippen molar-refractivity contribution >= 4 is 9.84 Å². The molecule has 1 aromatic rings. The molecule has 1 heterocycles. The van der Waals surface area contributed by atoms with E-state index in [-0.39, 0.29) is 5.75 Å². The lowest BCUT2D eigenvalue weighted by Gasteiger charge is -2.03. The molecule has 1 aromatic carbocycles. The molecule has 0 amide bonds. The summed E-state index contributed by atoms with van der Waals surface area (Å²) in [6.07, 6.45) is -1.93. The molecule has 1 fully saturated rings. The predicted octanol–water partition coefficient (Wildman–Crippen LogP) is -0.320. The number of hydrogen-bond acceptors (Lipinski definition) is 5. The van der Waals surface area contributed by atoms with E-state index in [2.05, 4.69) is 0 Å². The molecule has 0 saturated carbocycles. The SMILES string of the molecule is O=S(=O)(Cc1ccccc1)[C@@H]1O[C@H]1[C@H](O)CO. The molecule has 1 saturated heterocycles. The summed E-state index contributed by atoms with van der Waals surface area (Å²) in [4.78, 5) is 0. The normalized spacial score (nSPS) is 25.5. The van der Waals surface area contributed by atoms with Gasteiger partial charge in [0.2, 0.25) is 0 Å². The molecule has 17 heavy (non-hydrogen) atoms. The third kappa shape index (κ3) is 2.84. The first kappa shape index (κ1) is 12.5. The highest BCUT2D eigenvalue weighted by atomic mass is 32.2. The highest BCUT2D eigenvalue weighted by Gasteiger charge is 2.52.